The molecule has 0 aromatic heterocycles. The van der Waals surface area contributed by atoms with Crippen LogP contribution in [0.4, 0.5) is 0 Å². The molecule has 2 saturated heterocycles. The zero-order valence-electron chi connectivity index (χ0n) is 12.2. The third-order valence-electron chi connectivity index (χ3n) is 4.46. The lowest BCUT2D eigenvalue weighted by molar-refractivity contribution is -0.132. The number of benzene rings is 1. The van der Waals surface area contributed by atoms with Crippen molar-refractivity contribution in [3.63, 3.8) is 0 Å². The molecule has 21 heavy (non-hydrogen) atoms. The highest BCUT2D eigenvalue weighted by Crippen LogP contribution is 2.15. The van der Waals surface area contributed by atoms with Gasteiger partial charge in [0.05, 0.1) is 6.42 Å². The van der Waals surface area contributed by atoms with Crippen LogP contribution < -0.4 is 5.32 Å². The first-order chi connectivity index (χ1) is 10.2. The van der Waals surface area contributed by atoms with Crippen molar-refractivity contribution < 1.29 is 4.79 Å². The number of nitrogens with zero attached hydrogens (tertiary/aromatic N) is 2. The first-order valence-corrected chi connectivity index (χ1v) is 8.48. The summed E-state index contributed by atoms with van der Waals surface area (Å²) >= 11 is 3.46. The number of carbonyl (C=O) groups excluding carboxylic acids is 1. The second-order valence-corrected chi connectivity index (χ2v) is 6.79. The summed E-state index contributed by atoms with van der Waals surface area (Å²) in [4.78, 5) is 16.9. The fourth-order valence-corrected chi connectivity index (χ4v) is 3.67. The van der Waals surface area contributed by atoms with Crippen LogP contribution in [-0.2, 0) is 11.2 Å². The SMILES string of the molecule is O=C(Cc1cccc(Br)c1)N1CCN(C2CCNC2)CC1. The van der Waals surface area contributed by atoms with Gasteiger partial charge in [-0.3, -0.25) is 9.69 Å². The lowest BCUT2D eigenvalue weighted by Crippen LogP contribution is -2.52. The maximum Gasteiger partial charge on any atom is 0.227 e. The molecule has 2 aliphatic rings. The molecule has 1 atom stereocenters. The zero-order valence-corrected chi connectivity index (χ0v) is 13.8. The molecule has 0 aliphatic carbocycles. The average Bonchev–Trinajstić information content (AvgIpc) is 3.01. The van der Waals surface area contributed by atoms with Crippen LogP contribution in [0, 0.1) is 0 Å². The van der Waals surface area contributed by atoms with Crippen molar-refractivity contribution in [3.05, 3.63) is 34.3 Å². The summed E-state index contributed by atoms with van der Waals surface area (Å²) in [5, 5.41) is 3.41. The van der Waals surface area contributed by atoms with Gasteiger partial charge in [0.1, 0.15) is 0 Å². The molecule has 2 aliphatic heterocycles. The molecule has 1 aromatic rings. The van der Waals surface area contributed by atoms with Crippen molar-refractivity contribution in [3.8, 4) is 0 Å². The molecule has 3 rings (SSSR count). The van der Waals surface area contributed by atoms with Crippen LogP contribution >= 0.6 is 15.9 Å². The minimum atomic E-state index is 0.247. The Labute approximate surface area is 134 Å². The van der Waals surface area contributed by atoms with E-state index in [4.69, 9.17) is 0 Å². The van der Waals surface area contributed by atoms with Gasteiger partial charge in [-0.1, -0.05) is 28.1 Å². The van der Waals surface area contributed by atoms with E-state index >= 15 is 0 Å². The first kappa shape index (κ1) is 15.0. The van der Waals surface area contributed by atoms with Gasteiger partial charge in [0.15, 0.2) is 0 Å². The van der Waals surface area contributed by atoms with Gasteiger partial charge in [-0.25, -0.2) is 0 Å². The van der Waals surface area contributed by atoms with Crippen LogP contribution in [0.2, 0.25) is 0 Å². The van der Waals surface area contributed by atoms with Gasteiger partial charge in [-0.15, -0.1) is 0 Å². The van der Waals surface area contributed by atoms with Gasteiger partial charge in [0, 0.05) is 43.2 Å². The Bertz CT molecular complexity index is 494. The van der Waals surface area contributed by atoms with E-state index in [-0.39, 0.29) is 5.91 Å². The average molecular weight is 352 g/mol. The fraction of sp³-hybridized carbons (Fsp3) is 0.562. The van der Waals surface area contributed by atoms with E-state index in [0.717, 1.165) is 49.3 Å². The lowest BCUT2D eigenvalue weighted by Gasteiger charge is -2.37. The molecule has 0 saturated carbocycles. The van der Waals surface area contributed by atoms with Crippen LogP contribution in [0.1, 0.15) is 12.0 Å². The van der Waals surface area contributed by atoms with E-state index in [0.29, 0.717) is 12.5 Å². The molecular formula is C16H22BrN3O. The van der Waals surface area contributed by atoms with Crippen LogP contribution in [-0.4, -0.2) is 61.0 Å². The molecule has 1 unspecified atom stereocenters. The summed E-state index contributed by atoms with van der Waals surface area (Å²) in [5.41, 5.74) is 1.08. The van der Waals surface area contributed by atoms with Gasteiger partial charge in [-0.2, -0.15) is 0 Å². The van der Waals surface area contributed by atoms with Crippen LogP contribution in [0.5, 0.6) is 0 Å². The number of amides is 1. The molecule has 5 heteroatoms. The second kappa shape index (κ2) is 6.90. The lowest BCUT2D eigenvalue weighted by atomic mass is 10.1. The van der Waals surface area contributed by atoms with Gasteiger partial charge in [0.2, 0.25) is 5.91 Å². The first-order valence-electron chi connectivity index (χ1n) is 7.69. The van der Waals surface area contributed by atoms with Gasteiger partial charge in [-0.05, 0) is 30.7 Å². The monoisotopic (exact) mass is 351 g/mol. The highest BCUT2D eigenvalue weighted by molar-refractivity contribution is 9.10. The molecular weight excluding hydrogens is 330 g/mol. The highest BCUT2D eigenvalue weighted by Gasteiger charge is 2.27. The predicted octanol–water partition coefficient (Wildman–Crippen LogP) is 1.50. The van der Waals surface area contributed by atoms with E-state index in [2.05, 4.69) is 26.1 Å². The van der Waals surface area contributed by atoms with E-state index in [1.54, 1.807) is 0 Å². The fourth-order valence-electron chi connectivity index (χ4n) is 3.22. The maximum absolute atomic E-state index is 12.4. The van der Waals surface area contributed by atoms with Crippen LogP contribution in [0.3, 0.4) is 0 Å². The molecule has 2 fully saturated rings. The van der Waals surface area contributed by atoms with Crippen molar-refractivity contribution in [2.75, 3.05) is 39.3 Å². The third kappa shape index (κ3) is 3.84. The number of halogens is 1. The Morgan fingerprint density at radius 3 is 2.76 bits per heavy atom. The van der Waals surface area contributed by atoms with E-state index in [1.165, 1.54) is 6.42 Å². The quantitative estimate of drug-likeness (QED) is 0.896. The minimum absolute atomic E-state index is 0.247. The Kier molecular flexibility index (Phi) is 4.93. The molecule has 2 heterocycles. The summed E-state index contributed by atoms with van der Waals surface area (Å²) in [6.45, 7) is 5.98. The van der Waals surface area contributed by atoms with Crippen LogP contribution in [0.15, 0.2) is 28.7 Å². The molecule has 1 aromatic carbocycles. The number of hydrogen-bond acceptors (Lipinski definition) is 3. The standard InChI is InChI=1S/C16H22BrN3O/c17-14-3-1-2-13(10-14)11-16(21)20-8-6-19(7-9-20)15-4-5-18-12-15/h1-3,10,15,18H,4-9,11-12H2. The van der Waals surface area contributed by atoms with Crippen molar-refractivity contribution in [1.82, 2.24) is 15.1 Å². The molecule has 1 N–H and O–H groups in total. The molecule has 0 bridgehead atoms. The number of hydrogen-bond donors (Lipinski definition) is 1. The van der Waals surface area contributed by atoms with E-state index < -0.39 is 0 Å². The van der Waals surface area contributed by atoms with Gasteiger partial charge >= 0.3 is 0 Å². The Morgan fingerprint density at radius 1 is 1.29 bits per heavy atom. The maximum atomic E-state index is 12.4. The summed E-state index contributed by atoms with van der Waals surface area (Å²) in [7, 11) is 0. The normalized spacial score (nSPS) is 23.5. The number of nitrogens with one attached hydrogen (secondary N) is 1. The number of piperazine rings is 1. The molecule has 1 amide bonds. The predicted molar refractivity (Wildman–Crippen MR) is 87.3 cm³/mol. The largest absolute Gasteiger partial charge is 0.340 e. The van der Waals surface area contributed by atoms with Crippen molar-refractivity contribution >= 4 is 21.8 Å². The van der Waals surface area contributed by atoms with E-state index in [1.807, 2.05) is 29.2 Å². The Hall–Kier alpha value is -0.910. The Morgan fingerprint density at radius 2 is 2.10 bits per heavy atom. The zero-order chi connectivity index (χ0) is 14.7. The highest BCUT2D eigenvalue weighted by atomic mass is 79.9. The number of carbonyl (C=O) groups is 1. The van der Waals surface area contributed by atoms with Gasteiger partial charge in [0.25, 0.3) is 0 Å². The second-order valence-electron chi connectivity index (χ2n) is 5.87. The van der Waals surface area contributed by atoms with Gasteiger partial charge < -0.3 is 10.2 Å². The topological polar surface area (TPSA) is 35.6 Å². The summed E-state index contributed by atoms with van der Waals surface area (Å²) in [6.07, 6.45) is 1.75. The minimum Gasteiger partial charge on any atom is -0.340 e. The van der Waals surface area contributed by atoms with E-state index in [9.17, 15) is 4.79 Å². The molecule has 0 spiro atoms. The molecule has 0 radical (unpaired) electrons. The summed E-state index contributed by atoms with van der Waals surface area (Å²) in [5.74, 6) is 0.247. The Balaban J connectivity index is 1.50. The van der Waals surface area contributed by atoms with Crippen molar-refractivity contribution in [1.29, 1.82) is 0 Å². The molecule has 114 valence electrons. The van der Waals surface area contributed by atoms with Crippen molar-refractivity contribution in [2.24, 2.45) is 0 Å². The number of rotatable bonds is 3. The summed E-state index contributed by atoms with van der Waals surface area (Å²) < 4.78 is 1.03. The summed E-state index contributed by atoms with van der Waals surface area (Å²) in [6, 6.07) is 8.69. The smallest absolute Gasteiger partial charge is 0.227 e. The van der Waals surface area contributed by atoms with Crippen LogP contribution in [0.25, 0.3) is 0 Å². The third-order valence-corrected chi connectivity index (χ3v) is 4.96. The molecule has 4 nitrogen and oxygen atoms in total. The van der Waals surface area contributed by atoms with Crippen molar-refractivity contribution in [2.45, 2.75) is 18.9 Å².